The number of hydrogen-bond donors (Lipinski definition) is 0. The Bertz CT molecular complexity index is 626. The molecule has 0 N–H and O–H groups in total. The molecule has 0 spiro atoms. The van der Waals surface area contributed by atoms with E-state index in [1.54, 1.807) is 11.0 Å². The second kappa shape index (κ2) is 5.23. The Morgan fingerprint density at radius 2 is 2.14 bits per heavy atom. The van der Waals surface area contributed by atoms with Crippen LogP contribution in [-0.2, 0) is 9.53 Å². The highest BCUT2D eigenvalue weighted by atomic mass is 35.5. The van der Waals surface area contributed by atoms with Gasteiger partial charge in [-0.05, 0) is 39.3 Å². The Hall–Kier alpha value is -1.62. The quantitative estimate of drug-likeness (QED) is 0.745. The van der Waals surface area contributed by atoms with Gasteiger partial charge in [0, 0.05) is 24.1 Å². The SMILES string of the molecule is CC(C)(C)OC(=O)N1[C@@H]2CC(=O)[C@H]1[C@H](c1cccc(Cl)n1)C2. The number of amides is 1. The molecule has 3 rings (SSSR count). The fraction of sp³-hybridized carbons (Fsp3) is 0.562. The van der Waals surface area contributed by atoms with E-state index in [1.807, 2.05) is 32.9 Å². The number of ketones is 1. The third-order valence-electron chi connectivity index (χ3n) is 4.09. The fourth-order valence-electron chi connectivity index (χ4n) is 3.36. The highest BCUT2D eigenvalue weighted by Gasteiger charge is 2.55. The van der Waals surface area contributed by atoms with Gasteiger partial charge in [0.1, 0.15) is 16.8 Å². The van der Waals surface area contributed by atoms with Crippen LogP contribution in [0.1, 0.15) is 45.2 Å². The normalized spacial score (nSPS) is 27.4. The first-order valence-electron chi connectivity index (χ1n) is 7.43. The van der Waals surface area contributed by atoms with Crippen molar-refractivity contribution in [2.75, 3.05) is 0 Å². The number of carbonyl (C=O) groups is 2. The van der Waals surface area contributed by atoms with Crippen LogP contribution < -0.4 is 0 Å². The highest BCUT2D eigenvalue weighted by Crippen LogP contribution is 2.45. The van der Waals surface area contributed by atoms with Crippen LogP contribution in [0.15, 0.2) is 18.2 Å². The molecular weight excluding hydrogens is 304 g/mol. The fourth-order valence-corrected chi connectivity index (χ4v) is 3.53. The van der Waals surface area contributed by atoms with Crippen molar-refractivity contribution < 1.29 is 14.3 Å². The predicted octanol–water partition coefficient (Wildman–Crippen LogP) is 3.17. The number of halogens is 1. The summed E-state index contributed by atoms with van der Waals surface area (Å²) < 4.78 is 5.45. The van der Waals surface area contributed by atoms with E-state index in [0.29, 0.717) is 11.6 Å². The van der Waals surface area contributed by atoms with Gasteiger partial charge in [0.15, 0.2) is 5.78 Å². The second-order valence-corrected chi connectivity index (χ2v) is 7.27. The van der Waals surface area contributed by atoms with E-state index in [9.17, 15) is 9.59 Å². The number of Topliss-reactive ketones (excluding diaryl/α,β-unsaturated/α-hetero) is 1. The van der Waals surface area contributed by atoms with E-state index in [2.05, 4.69) is 4.98 Å². The maximum Gasteiger partial charge on any atom is 0.411 e. The minimum Gasteiger partial charge on any atom is -0.444 e. The number of carbonyl (C=O) groups excluding carboxylic acids is 2. The number of hydrogen-bond acceptors (Lipinski definition) is 4. The van der Waals surface area contributed by atoms with Gasteiger partial charge in [-0.3, -0.25) is 9.69 Å². The number of nitrogens with zero attached hydrogens (tertiary/aromatic N) is 2. The molecule has 6 heteroatoms. The van der Waals surface area contributed by atoms with Gasteiger partial charge < -0.3 is 4.74 Å². The van der Waals surface area contributed by atoms with Crippen LogP contribution in [0.3, 0.4) is 0 Å². The Kier molecular flexibility index (Phi) is 3.63. The summed E-state index contributed by atoms with van der Waals surface area (Å²) in [6, 6.07) is 4.80. The predicted molar refractivity (Wildman–Crippen MR) is 81.9 cm³/mol. The average Bonchev–Trinajstić information content (AvgIpc) is 2.90. The summed E-state index contributed by atoms with van der Waals surface area (Å²) in [5, 5.41) is 0.400. The number of rotatable bonds is 1. The standard InChI is InChI=1S/C16H19ClN2O3/c1-16(2,3)22-15(21)19-9-7-10(14(19)12(20)8-9)11-5-4-6-13(17)18-11/h4-6,9-10,14H,7-8H2,1-3H3/t9-,10-,14+/m0/s1. The van der Waals surface area contributed by atoms with E-state index in [4.69, 9.17) is 16.3 Å². The van der Waals surface area contributed by atoms with Crippen LogP contribution in [-0.4, -0.2) is 39.4 Å². The molecule has 0 unspecified atom stereocenters. The maximum absolute atomic E-state index is 12.4. The number of ether oxygens (including phenoxy) is 1. The number of aromatic nitrogens is 1. The van der Waals surface area contributed by atoms with E-state index in [0.717, 1.165) is 12.1 Å². The molecule has 0 aromatic carbocycles. The van der Waals surface area contributed by atoms with Gasteiger partial charge in [-0.1, -0.05) is 17.7 Å². The molecule has 1 aromatic rings. The summed E-state index contributed by atoms with van der Waals surface area (Å²) in [5.41, 5.74) is 0.188. The van der Waals surface area contributed by atoms with Crippen LogP contribution in [0, 0.1) is 0 Å². The summed E-state index contributed by atoms with van der Waals surface area (Å²) in [6.07, 6.45) is 0.710. The van der Waals surface area contributed by atoms with Crippen molar-refractivity contribution in [3.05, 3.63) is 29.0 Å². The van der Waals surface area contributed by atoms with Crippen LogP contribution in [0.2, 0.25) is 5.15 Å². The molecule has 2 saturated heterocycles. The van der Waals surface area contributed by atoms with Crippen molar-refractivity contribution in [1.82, 2.24) is 9.88 Å². The molecule has 22 heavy (non-hydrogen) atoms. The zero-order valence-corrected chi connectivity index (χ0v) is 13.6. The molecule has 0 aliphatic carbocycles. The van der Waals surface area contributed by atoms with Crippen LogP contribution in [0.25, 0.3) is 0 Å². The molecule has 2 aliphatic heterocycles. The highest BCUT2D eigenvalue weighted by molar-refractivity contribution is 6.29. The molecule has 1 amide bonds. The van der Waals surface area contributed by atoms with Gasteiger partial charge in [0.05, 0.1) is 0 Å². The van der Waals surface area contributed by atoms with E-state index in [1.165, 1.54) is 0 Å². The third kappa shape index (κ3) is 2.70. The van der Waals surface area contributed by atoms with Crippen LogP contribution in [0.5, 0.6) is 0 Å². The lowest BCUT2D eigenvalue weighted by Gasteiger charge is -2.27. The molecule has 1 aromatic heterocycles. The molecule has 5 nitrogen and oxygen atoms in total. The van der Waals surface area contributed by atoms with Crippen molar-refractivity contribution in [3.63, 3.8) is 0 Å². The zero-order chi connectivity index (χ0) is 16.1. The average molecular weight is 323 g/mol. The van der Waals surface area contributed by atoms with Gasteiger partial charge in [-0.25, -0.2) is 9.78 Å². The van der Waals surface area contributed by atoms with Crippen molar-refractivity contribution in [2.24, 2.45) is 0 Å². The summed E-state index contributed by atoms with van der Waals surface area (Å²) in [7, 11) is 0. The van der Waals surface area contributed by atoms with Crippen LogP contribution >= 0.6 is 11.6 Å². The van der Waals surface area contributed by atoms with Crippen molar-refractivity contribution in [2.45, 2.75) is 57.2 Å². The lowest BCUT2D eigenvalue weighted by atomic mass is 9.86. The third-order valence-corrected chi connectivity index (χ3v) is 4.30. The van der Waals surface area contributed by atoms with E-state index >= 15 is 0 Å². The van der Waals surface area contributed by atoms with Crippen LogP contribution in [0.4, 0.5) is 4.79 Å². The Morgan fingerprint density at radius 3 is 2.77 bits per heavy atom. The summed E-state index contributed by atoms with van der Waals surface area (Å²) >= 11 is 5.95. The molecule has 2 aliphatic rings. The first-order valence-corrected chi connectivity index (χ1v) is 7.80. The van der Waals surface area contributed by atoms with Gasteiger partial charge >= 0.3 is 6.09 Å². The Labute approximate surface area is 134 Å². The maximum atomic E-state index is 12.4. The second-order valence-electron chi connectivity index (χ2n) is 6.88. The minimum absolute atomic E-state index is 0.0777. The molecule has 3 atom stereocenters. The lowest BCUT2D eigenvalue weighted by molar-refractivity contribution is -0.120. The summed E-state index contributed by atoms with van der Waals surface area (Å²) in [5.74, 6) is -0.0219. The Morgan fingerprint density at radius 1 is 1.41 bits per heavy atom. The smallest absolute Gasteiger partial charge is 0.411 e. The van der Waals surface area contributed by atoms with Gasteiger partial charge in [0.2, 0.25) is 0 Å². The van der Waals surface area contributed by atoms with Crippen molar-refractivity contribution in [3.8, 4) is 0 Å². The van der Waals surface area contributed by atoms with Gasteiger partial charge in [-0.15, -0.1) is 0 Å². The largest absolute Gasteiger partial charge is 0.444 e. The minimum atomic E-state index is -0.577. The molecule has 0 radical (unpaired) electrons. The molecule has 3 heterocycles. The van der Waals surface area contributed by atoms with E-state index in [-0.39, 0.29) is 17.7 Å². The van der Waals surface area contributed by atoms with Crippen molar-refractivity contribution in [1.29, 1.82) is 0 Å². The molecular formula is C16H19ClN2O3. The first kappa shape index (κ1) is 15.3. The first-order chi connectivity index (χ1) is 10.3. The zero-order valence-electron chi connectivity index (χ0n) is 12.9. The summed E-state index contributed by atoms with van der Waals surface area (Å²) in [6.45, 7) is 5.46. The van der Waals surface area contributed by atoms with E-state index < -0.39 is 17.7 Å². The Balaban J connectivity index is 1.86. The lowest BCUT2D eigenvalue weighted by Crippen LogP contribution is -2.42. The molecule has 0 saturated carbocycles. The molecule has 2 bridgehead atoms. The molecule has 118 valence electrons. The number of fused-ring (bicyclic) bond motifs is 2. The van der Waals surface area contributed by atoms with Gasteiger partial charge in [-0.2, -0.15) is 0 Å². The van der Waals surface area contributed by atoms with Gasteiger partial charge in [0.25, 0.3) is 0 Å². The summed E-state index contributed by atoms with van der Waals surface area (Å²) in [4.78, 5) is 30.6. The number of pyridine rings is 1. The van der Waals surface area contributed by atoms with Crippen molar-refractivity contribution >= 4 is 23.5 Å². The topological polar surface area (TPSA) is 59.5 Å². The monoisotopic (exact) mass is 322 g/mol. The molecule has 2 fully saturated rings.